The first-order valence-corrected chi connectivity index (χ1v) is 7.22. The zero-order chi connectivity index (χ0) is 14.2. The molecule has 2 heterocycles. The average molecular weight is 273 g/mol. The quantitative estimate of drug-likeness (QED) is 0.501. The van der Waals surface area contributed by atoms with Crippen molar-refractivity contribution in [2.24, 2.45) is 0 Å². The Morgan fingerprint density at radius 2 is 1.76 bits per heavy atom. The third kappa shape index (κ3) is 2.00. The predicted octanol–water partition coefficient (Wildman–Crippen LogP) is 5.21. The molecular formula is C19H15NO. The molecule has 0 unspecified atom stereocenters. The molecule has 0 N–H and O–H groups in total. The van der Waals surface area contributed by atoms with Crippen LogP contribution in [0.3, 0.4) is 0 Å². The third-order valence-corrected chi connectivity index (χ3v) is 3.91. The van der Waals surface area contributed by atoms with Gasteiger partial charge in [-0.1, -0.05) is 31.2 Å². The number of hydrogen-bond acceptors (Lipinski definition) is 2. The number of fused-ring (bicyclic) bond motifs is 3. The Morgan fingerprint density at radius 3 is 2.67 bits per heavy atom. The summed E-state index contributed by atoms with van der Waals surface area (Å²) in [6.45, 7) is 2.15. The van der Waals surface area contributed by atoms with Crippen LogP contribution in [0.4, 0.5) is 0 Å². The van der Waals surface area contributed by atoms with Crippen molar-refractivity contribution in [3.63, 3.8) is 0 Å². The SMILES string of the molecule is CCc1ccnc(-c2ccc3c(c2)oc2ccccc23)c1. The fourth-order valence-corrected chi connectivity index (χ4v) is 2.74. The van der Waals surface area contributed by atoms with Gasteiger partial charge in [0, 0.05) is 22.5 Å². The monoisotopic (exact) mass is 273 g/mol. The van der Waals surface area contributed by atoms with E-state index in [2.05, 4.69) is 48.3 Å². The Labute approximate surface area is 123 Å². The van der Waals surface area contributed by atoms with Crippen molar-refractivity contribution in [3.8, 4) is 11.3 Å². The minimum Gasteiger partial charge on any atom is -0.456 e. The van der Waals surface area contributed by atoms with E-state index in [1.807, 2.05) is 24.4 Å². The van der Waals surface area contributed by atoms with Gasteiger partial charge in [0.2, 0.25) is 0 Å². The Kier molecular flexibility index (Phi) is 2.74. The normalized spacial score (nSPS) is 11.3. The molecule has 0 aliphatic carbocycles. The molecule has 0 saturated carbocycles. The lowest BCUT2D eigenvalue weighted by atomic mass is 10.1. The number of nitrogens with zero attached hydrogens (tertiary/aromatic N) is 1. The van der Waals surface area contributed by atoms with Crippen molar-refractivity contribution in [3.05, 3.63) is 66.4 Å². The molecule has 2 aromatic heterocycles. The van der Waals surface area contributed by atoms with Gasteiger partial charge < -0.3 is 4.42 Å². The summed E-state index contributed by atoms with van der Waals surface area (Å²) in [5.41, 5.74) is 5.23. The lowest BCUT2D eigenvalue weighted by molar-refractivity contribution is 0.669. The molecule has 0 aliphatic rings. The Hall–Kier alpha value is -2.61. The van der Waals surface area contributed by atoms with Crippen LogP contribution < -0.4 is 0 Å². The third-order valence-electron chi connectivity index (χ3n) is 3.91. The maximum Gasteiger partial charge on any atom is 0.136 e. The van der Waals surface area contributed by atoms with E-state index in [0.717, 1.165) is 39.6 Å². The Bertz CT molecular complexity index is 937. The lowest BCUT2D eigenvalue weighted by Crippen LogP contribution is -1.86. The van der Waals surface area contributed by atoms with Gasteiger partial charge in [-0.05, 0) is 42.3 Å². The van der Waals surface area contributed by atoms with E-state index in [0.29, 0.717) is 0 Å². The van der Waals surface area contributed by atoms with Crippen LogP contribution >= 0.6 is 0 Å². The number of hydrogen-bond donors (Lipinski definition) is 0. The number of rotatable bonds is 2. The second-order valence-electron chi connectivity index (χ2n) is 5.21. The van der Waals surface area contributed by atoms with E-state index in [9.17, 15) is 0 Å². The van der Waals surface area contributed by atoms with E-state index in [1.54, 1.807) is 0 Å². The van der Waals surface area contributed by atoms with Crippen LogP contribution in [0, 0.1) is 0 Å². The summed E-state index contributed by atoms with van der Waals surface area (Å²) in [7, 11) is 0. The van der Waals surface area contributed by atoms with Crippen molar-refractivity contribution in [2.45, 2.75) is 13.3 Å². The molecule has 0 radical (unpaired) electrons. The summed E-state index contributed by atoms with van der Waals surface area (Å²) in [5.74, 6) is 0. The number of para-hydroxylation sites is 1. The molecule has 0 aliphatic heterocycles. The van der Waals surface area contributed by atoms with Crippen molar-refractivity contribution in [1.29, 1.82) is 0 Å². The molecule has 0 atom stereocenters. The summed E-state index contributed by atoms with van der Waals surface area (Å²) in [6.07, 6.45) is 2.89. The molecule has 0 amide bonds. The minimum atomic E-state index is 0.914. The second-order valence-corrected chi connectivity index (χ2v) is 5.21. The van der Waals surface area contributed by atoms with Crippen LogP contribution in [0.5, 0.6) is 0 Å². The molecular weight excluding hydrogens is 258 g/mol. The van der Waals surface area contributed by atoms with E-state index >= 15 is 0 Å². The number of pyridine rings is 1. The zero-order valence-electron chi connectivity index (χ0n) is 11.8. The highest BCUT2D eigenvalue weighted by Gasteiger charge is 2.08. The van der Waals surface area contributed by atoms with Gasteiger partial charge in [0.25, 0.3) is 0 Å². The summed E-state index contributed by atoms with van der Waals surface area (Å²) in [6, 6.07) is 18.7. The van der Waals surface area contributed by atoms with Crippen LogP contribution in [0.2, 0.25) is 0 Å². The number of aryl methyl sites for hydroxylation is 1. The smallest absolute Gasteiger partial charge is 0.136 e. The average Bonchev–Trinajstić information content (AvgIpc) is 2.92. The standard InChI is InChI=1S/C19H15NO/c1-2-13-9-10-20-17(11-13)14-7-8-16-15-5-3-4-6-18(15)21-19(16)12-14/h3-12H,2H2,1H3. The van der Waals surface area contributed by atoms with Gasteiger partial charge in [0.1, 0.15) is 11.2 Å². The van der Waals surface area contributed by atoms with Crippen LogP contribution in [-0.4, -0.2) is 4.98 Å². The minimum absolute atomic E-state index is 0.914. The van der Waals surface area contributed by atoms with Crippen LogP contribution in [0.1, 0.15) is 12.5 Å². The number of benzene rings is 2. The van der Waals surface area contributed by atoms with Gasteiger partial charge in [-0.25, -0.2) is 0 Å². The highest BCUT2D eigenvalue weighted by molar-refractivity contribution is 6.05. The first-order valence-electron chi connectivity index (χ1n) is 7.22. The molecule has 21 heavy (non-hydrogen) atoms. The van der Waals surface area contributed by atoms with Crippen LogP contribution in [0.25, 0.3) is 33.2 Å². The molecule has 2 nitrogen and oxygen atoms in total. The largest absolute Gasteiger partial charge is 0.456 e. The second kappa shape index (κ2) is 4.74. The maximum absolute atomic E-state index is 5.94. The molecule has 102 valence electrons. The topological polar surface area (TPSA) is 26.0 Å². The summed E-state index contributed by atoms with van der Waals surface area (Å²) in [4.78, 5) is 4.48. The summed E-state index contributed by atoms with van der Waals surface area (Å²) < 4.78 is 5.94. The van der Waals surface area contributed by atoms with E-state index in [1.165, 1.54) is 5.56 Å². The highest BCUT2D eigenvalue weighted by atomic mass is 16.3. The maximum atomic E-state index is 5.94. The first-order chi connectivity index (χ1) is 10.3. The summed E-state index contributed by atoms with van der Waals surface area (Å²) >= 11 is 0. The van der Waals surface area contributed by atoms with Gasteiger partial charge in [0.15, 0.2) is 0 Å². The van der Waals surface area contributed by atoms with E-state index in [4.69, 9.17) is 4.42 Å². The summed E-state index contributed by atoms with van der Waals surface area (Å²) in [5, 5.41) is 2.32. The Balaban J connectivity index is 1.92. The first kappa shape index (κ1) is 12.2. The molecule has 0 bridgehead atoms. The Morgan fingerprint density at radius 1 is 0.905 bits per heavy atom. The molecule has 2 aromatic carbocycles. The zero-order valence-corrected chi connectivity index (χ0v) is 11.8. The predicted molar refractivity (Wildman–Crippen MR) is 86.3 cm³/mol. The van der Waals surface area contributed by atoms with E-state index < -0.39 is 0 Å². The van der Waals surface area contributed by atoms with Crippen molar-refractivity contribution >= 4 is 21.9 Å². The van der Waals surface area contributed by atoms with Gasteiger partial charge in [0.05, 0.1) is 5.69 Å². The lowest BCUT2D eigenvalue weighted by Gasteiger charge is -2.03. The van der Waals surface area contributed by atoms with Crippen molar-refractivity contribution < 1.29 is 4.42 Å². The number of furan rings is 1. The fraction of sp³-hybridized carbons (Fsp3) is 0.105. The number of aromatic nitrogens is 1. The molecule has 0 saturated heterocycles. The van der Waals surface area contributed by atoms with Gasteiger partial charge in [-0.2, -0.15) is 0 Å². The van der Waals surface area contributed by atoms with E-state index in [-0.39, 0.29) is 0 Å². The van der Waals surface area contributed by atoms with Gasteiger partial charge in [-0.15, -0.1) is 0 Å². The molecule has 4 rings (SSSR count). The molecule has 0 spiro atoms. The highest BCUT2D eigenvalue weighted by Crippen LogP contribution is 2.31. The van der Waals surface area contributed by atoms with Gasteiger partial charge >= 0.3 is 0 Å². The molecule has 2 heteroatoms. The fourth-order valence-electron chi connectivity index (χ4n) is 2.74. The van der Waals surface area contributed by atoms with Crippen LogP contribution in [-0.2, 0) is 6.42 Å². The van der Waals surface area contributed by atoms with Crippen molar-refractivity contribution in [2.75, 3.05) is 0 Å². The molecule has 0 fully saturated rings. The van der Waals surface area contributed by atoms with Crippen LogP contribution in [0.15, 0.2) is 65.2 Å². The molecule has 4 aromatic rings. The van der Waals surface area contributed by atoms with Gasteiger partial charge in [-0.3, -0.25) is 4.98 Å². The van der Waals surface area contributed by atoms with Crippen molar-refractivity contribution in [1.82, 2.24) is 4.98 Å².